The first-order valence-corrected chi connectivity index (χ1v) is 6.84. The van der Waals surface area contributed by atoms with Crippen molar-refractivity contribution in [1.29, 1.82) is 0 Å². The Hall–Kier alpha value is -1.87. The number of benzene rings is 2. The Balaban J connectivity index is 2.14. The maximum absolute atomic E-state index is 14.0. The van der Waals surface area contributed by atoms with Gasteiger partial charge in [0.05, 0.1) is 0 Å². The van der Waals surface area contributed by atoms with Crippen LogP contribution in [-0.4, -0.2) is 6.54 Å². The fourth-order valence-electron chi connectivity index (χ4n) is 1.91. The molecule has 0 bridgehead atoms. The molecule has 0 aliphatic rings. The van der Waals surface area contributed by atoms with Crippen molar-refractivity contribution in [1.82, 2.24) is 5.32 Å². The van der Waals surface area contributed by atoms with E-state index in [-0.39, 0.29) is 11.6 Å². The molecular weight excluding hydrogens is 253 g/mol. The van der Waals surface area contributed by atoms with E-state index in [0.29, 0.717) is 12.3 Å². The number of ether oxygens (including phenoxy) is 1. The molecule has 0 atom stereocenters. The zero-order valence-corrected chi connectivity index (χ0v) is 12.2. The van der Waals surface area contributed by atoms with E-state index >= 15 is 0 Å². The number of rotatable bonds is 5. The third kappa shape index (κ3) is 3.58. The molecule has 0 aliphatic carbocycles. The molecule has 3 heteroatoms. The van der Waals surface area contributed by atoms with Gasteiger partial charge in [0.1, 0.15) is 5.75 Å². The quantitative estimate of drug-likeness (QED) is 0.874. The van der Waals surface area contributed by atoms with Gasteiger partial charge in [-0.05, 0) is 61.3 Å². The van der Waals surface area contributed by atoms with Crippen LogP contribution in [0.15, 0.2) is 36.4 Å². The van der Waals surface area contributed by atoms with Crippen molar-refractivity contribution in [2.75, 3.05) is 6.54 Å². The highest BCUT2D eigenvalue weighted by Gasteiger charge is 2.06. The SMILES string of the molecule is CCNCc1ccc(Oc2ccc(C)c(C)c2)c(F)c1. The van der Waals surface area contributed by atoms with Crippen LogP contribution in [0.2, 0.25) is 0 Å². The first-order chi connectivity index (χ1) is 9.60. The lowest BCUT2D eigenvalue weighted by atomic mass is 10.1. The van der Waals surface area contributed by atoms with Gasteiger partial charge in [0, 0.05) is 6.54 Å². The van der Waals surface area contributed by atoms with E-state index in [0.717, 1.165) is 17.7 Å². The summed E-state index contributed by atoms with van der Waals surface area (Å²) >= 11 is 0. The Bertz CT molecular complexity index is 596. The van der Waals surface area contributed by atoms with Gasteiger partial charge in [-0.2, -0.15) is 0 Å². The maximum atomic E-state index is 14.0. The van der Waals surface area contributed by atoms with E-state index < -0.39 is 0 Å². The summed E-state index contributed by atoms with van der Waals surface area (Å²) in [6, 6.07) is 10.8. The van der Waals surface area contributed by atoms with Crippen LogP contribution in [0.5, 0.6) is 11.5 Å². The number of hydrogen-bond acceptors (Lipinski definition) is 2. The number of halogens is 1. The number of hydrogen-bond donors (Lipinski definition) is 1. The van der Waals surface area contributed by atoms with Gasteiger partial charge in [0.15, 0.2) is 11.6 Å². The fraction of sp³-hybridized carbons (Fsp3) is 0.294. The van der Waals surface area contributed by atoms with Gasteiger partial charge in [-0.3, -0.25) is 0 Å². The molecule has 0 heterocycles. The Labute approximate surface area is 119 Å². The minimum Gasteiger partial charge on any atom is -0.454 e. The summed E-state index contributed by atoms with van der Waals surface area (Å²) in [4.78, 5) is 0. The largest absolute Gasteiger partial charge is 0.454 e. The minimum absolute atomic E-state index is 0.258. The van der Waals surface area contributed by atoms with E-state index in [4.69, 9.17) is 4.74 Å². The highest BCUT2D eigenvalue weighted by molar-refractivity contribution is 5.38. The van der Waals surface area contributed by atoms with Gasteiger partial charge in [0.25, 0.3) is 0 Å². The first kappa shape index (κ1) is 14.5. The molecule has 0 aliphatic heterocycles. The second-order valence-electron chi connectivity index (χ2n) is 4.89. The summed E-state index contributed by atoms with van der Waals surface area (Å²) < 4.78 is 19.6. The zero-order chi connectivity index (χ0) is 14.5. The van der Waals surface area contributed by atoms with Crippen LogP contribution < -0.4 is 10.1 Å². The summed E-state index contributed by atoms with van der Waals surface area (Å²) in [6.45, 7) is 7.60. The smallest absolute Gasteiger partial charge is 0.166 e. The molecule has 0 fully saturated rings. The van der Waals surface area contributed by atoms with Crippen molar-refractivity contribution >= 4 is 0 Å². The third-order valence-corrected chi connectivity index (χ3v) is 3.28. The summed E-state index contributed by atoms with van der Waals surface area (Å²) in [7, 11) is 0. The molecule has 0 aromatic heterocycles. The summed E-state index contributed by atoms with van der Waals surface area (Å²) in [5.41, 5.74) is 3.24. The average molecular weight is 273 g/mol. The summed E-state index contributed by atoms with van der Waals surface area (Å²) in [5.74, 6) is 0.582. The molecule has 2 nitrogen and oxygen atoms in total. The minimum atomic E-state index is -0.335. The van der Waals surface area contributed by atoms with Gasteiger partial charge in [-0.1, -0.05) is 19.1 Å². The Kier molecular flexibility index (Phi) is 4.74. The second-order valence-corrected chi connectivity index (χ2v) is 4.89. The Morgan fingerprint density at radius 2 is 1.85 bits per heavy atom. The standard InChI is InChI=1S/C17H20FNO/c1-4-19-11-14-6-8-17(16(18)10-14)20-15-7-5-12(2)13(3)9-15/h5-10,19H,4,11H2,1-3H3. The van der Waals surface area contributed by atoms with Crippen molar-refractivity contribution in [2.24, 2.45) is 0 Å². The molecule has 0 saturated heterocycles. The summed E-state index contributed by atoms with van der Waals surface area (Å²) in [6.07, 6.45) is 0. The molecule has 0 radical (unpaired) electrons. The molecule has 0 unspecified atom stereocenters. The topological polar surface area (TPSA) is 21.3 Å². The fourth-order valence-corrected chi connectivity index (χ4v) is 1.91. The number of nitrogens with one attached hydrogen (secondary N) is 1. The Morgan fingerprint density at radius 1 is 1.05 bits per heavy atom. The van der Waals surface area contributed by atoms with Crippen molar-refractivity contribution < 1.29 is 9.13 Å². The predicted molar refractivity (Wildman–Crippen MR) is 79.8 cm³/mol. The highest BCUT2D eigenvalue weighted by atomic mass is 19.1. The zero-order valence-electron chi connectivity index (χ0n) is 12.2. The van der Waals surface area contributed by atoms with Crippen LogP contribution >= 0.6 is 0 Å². The maximum Gasteiger partial charge on any atom is 0.166 e. The molecule has 0 spiro atoms. The van der Waals surface area contributed by atoms with Gasteiger partial charge >= 0.3 is 0 Å². The second kappa shape index (κ2) is 6.53. The van der Waals surface area contributed by atoms with E-state index in [1.54, 1.807) is 6.07 Å². The lowest BCUT2D eigenvalue weighted by Crippen LogP contribution is -2.11. The van der Waals surface area contributed by atoms with Crippen LogP contribution in [-0.2, 0) is 6.54 Å². The van der Waals surface area contributed by atoms with E-state index in [2.05, 4.69) is 5.32 Å². The van der Waals surface area contributed by atoms with Crippen molar-refractivity contribution in [3.8, 4) is 11.5 Å². The predicted octanol–water partition coefficient (Wildman–Crippen LogP) is 4.34. The van der Waals surface area contributed by atoms with Crippen molar-refractivity contribution in [3.05, 3.63) is 58.9 Å². The molecule has 0 saturated carbocycles. The van der Waals surface area contributed by atoms with E-state index in [1.807, 2.05) is 45.0 Å². The normalized spacial score (nSPS) is 10.6. The lowest BCUT2D eigenvalue weighted by molar-refractivity contribution is 0.441. The van der Waals surface area contributed by atoms with Crippen molar-refractivity contribution in [3.63, 3.8) is 0 Å². The van der Waals surface area contributed by atoms with Crippen molar-refractivity contribution in [2.45, 2.75) is 27.3 Å². The molecule has 106 valence electrons. The van der Waals surface area contributed by atoms with E-state index in [9.17, 15) is 4.39 Å². The molecule has 1 N–H and O–H groups in total. The van der Waals surface area contributed by atoms with Crippen LogP contribution in [0.4, 0.5) is 4.39 Å². The lowest BCUT2D eigenvalue weighted by Gasteiger charge is -2.10. The molecular formula is C17H20FNO. The number of aryl methyl sites for hydroxylation is 2. The summed E-state index contributed by atoms with van der Waals surface area (Å²) in [5, 5.41) is 3.17. The first-order valence-electron chi connectivity index (χ1n) is 6.84. The van der Waals surface area contributed by atoms with Gasteiger partial charge in [-0.25, -0.2) is 4.39 Å². The molecule has 2 aromatic rings. The van der Waals surface area contributed by atoms with Gasteiger partial charge < -0.3 is 10.1 Å². The molecule has 0 amide bonds. The molecule has 20 heavy (non-hydrogen) atoms. The molecule has 2 rings (SSSR count). The highest BCUT2D eigenvalue weighted by Crippen LogP contribution is 2.26. The van der Waals surface area contributed by atoms with Crippen LogP contribution in [0.3, 0.4) is 0 Å². The Morgan fingerprint density at radius 3 is 2.50 bits per heavy atom. The average Bonchev–Trinajstić information content (AvgIpc) is 2.43. The van der Waals surface area contributed by atoms with Crippen LogP contribution in [0.25, 0.3) is 0 Å². The third-order valence-electron chi connectivity index (χ3n) is 3.28. The van der Waals surface area contributed by atoms with Gasteiger partial charge in [-0.15, -0.1) is 0 Å². The van der Waals surface area contributed by atoms with Crippen LogP contribution in [0.1, 0.15) is 23.6 Å². The monoisotopic (exact) mass is 273 g/mol. The van der Waals surface area contributed by atoms with Crippen LogP contribution in [0, 0.1) is 19.7 Å². The van der Waals surface area contributed by atoms with Gasteiger partial charge in [0.2, 0.25) is 0 Å². The molecule has 2 aromatic carbocycles. The van der Waals surface area contributed by atoms with E-state index in [1.165, 1.54) is 11.6 Å².